The van der Waals surface area contributed by atoms with Gasteiger partial charge in [0.1, 0.15) is 5.82 Å². The average molecular weight is 352 g/mol. The van der Waals surface area contributed by atoms with Crippen molar-refractivity contribution < 1.29 is 9.59 Å². The summed E-state index contributed by atoms with van der Waals surface area (Å²) in [5, 5.41) is 0. The molecule has 2 aromatic rings. The fourth-order valence-corrected chi connectivity index (χ4v) is 3.27. The van der Waals surface area contributed by atoms with Crippen LogP contribution in [0.25, 0.3) is 0 Å². The lowest BCUT2D eigenvalue weighted by molar-refractivity contribution is -0.133. The summed E-state index contributed by atoms with van der Waals surface area (Å²) in [7, 11) is 0. The first kappa shape index (κ1) is 17.9. The Morgan fingerprint density at radius 2 is 2.00 bits per heavy atom. The van der Waals surface area contributed by atoms with E-state index in [1.807, 2.05) is 35.2 Å². The van der Waals surface area contributed by atoms with Crippen LogP contribution in [0.15, 0.2) is 48.7 Å². The molecule has 1 aliphatic rings. The molecule has 136 valence electrons. The maximum atomic E-state index is 12.8. The van der Waals surface area contributed by atoms with E-state index in [4.69, 9.17) is 5.73 Å². The number of nitrogen functional groups attached to an aromatic ring is 1. The molecule has 6 heteroatoms. The average Bonchev–Trinajstić information content (AvgIpc) is 2.82. The smallest absolute Gasteiger partial charge is 0.255 e. The molecule has 6 nitrogen and oxygen atoms in total. The summed E-state index contributed by atoms with van der Waals surface area (Å²) in [4.78, 5) is 33.2. The van der Waals surface area contributed by atoms with Gasteiger partial charge < -0.3 is 15.5 Å². The minimum absolute atomic E-state index is 0.00380. The van der Waals surface area contributed by atoms with E-state index >= 15 is 0 Å². The monoisotopic (exact) mass is 352 g/mol. The summed E-state index contributed by atoms with van der Waals surface area (Å²) < 4.78 is 0. The maximum Gasteiger partial charge on any atom is 0.255 e. The van der Waals surface area contributed by atoms with Crippen LogP contribution in [0, 0.1) is 0 Å². The van der Waals surface area contributed by atoms with Gasteiger partial charge in [-0.3, -0.25) is 9.59 Å². The molecule has 1 fully saturated rings. The summed E-state index contributed by atoms with van der Waals surface area (Å²) in [6.45, 7) is 3.57. The van der Waals surface area contributed by atoms with Crippen LogP contribution < -0.4 is 5.73 Å². The molecule has 1 aromatic carbocycles. The molecule has 2 heterocycles. The largest absolute Gasteiger partial charge is 0.384 e. The van der Waals surface area contributed by atoms with Crippen molar-refractivity contribution in [2.45, 2.75) is 32.4 Å². The predicted octanol–water partition coefficient (Wildman–Crippen LogP) is 2.32. The molecule has 2 N–H and O–H groups in total. The molecule has 1 aliphatic heterocycles. The van der Waals surface area contributed by atoms with E-state index in [1.54, 1.807) is 17.0 Å². The van der Waals surface area contributed by atoms with Crippen molar-refractivity contribution in [3.05, 3.63) is 59.8 Å². The van der Waals surface area contributed by atoms with E-state index in [9.17, 15) is 9.59 Å². The van der Waals surface area contributed by atoms with Gasteiger partial charge in [0.25, 0.3) is 5.91 Å². The Bertz CT molecular complexity index is 761. The van der Waals surface area contributed by atoms with E-state index in [1.165, 1.54) is 6.20 Å². The molecule has 0 spiro atoms. The Morgan fingerprint density at radius 3 is 2.65 bits per heavy atom. The molecule has 3 rings (SSSR count). The minimum atomic E-state index is -0.106. The Balaban J connectivity index is 1.77. The number of hydrogen-bond donors (Lipinski definition) is 1. The number of hydrogen-bond acceptors (Lipinski definition) is 4. The summed E-state index contributed by atoms with van der Waals surface area (Å²) in [6.07, 6.45) is 2.62. The van der Waals surface area contributed by atoms with Crippen molar-refractivity contribution in [1.29, 1.82) is 0 Å². The zero-order valence-corrected chi connectivity index (χ0v) is 15.0. The van der Waals surface area contributed by atoms with Crippen LogP contribution in [-0.4, -0.2) is 45.7 Å². The molecule has 0 radical (unpaired) electrons. The molecule has 0 bridgehead atoms. The number of aromatic nitrogens is 1. The number of carbonyl (C=O) groups is 2. The van der Waals surface area contributed by atoms with Gasteiger partial charge in [0, 0.05) is 38.3 Å². The number of anilines is 1. The van der Waals surface area contributed by atoms with Gasteiger partial charge in [-0.2, -0.15) is 0 Å². The van der Waals surface area contributed by atoms with E-state index in [0.717, 1.165) is 12.0 Å². The van der Waals surface area contributed by atoms with E-state index in [-0.39, 0.29) is 17.9 Å². The van der Waals surface area contributed by atoms with Crippen molar-refractivity contribution in [1.82, 2.24) is 14.8 Å². The highest BCUT2D eigenvalue weighted by atomic mass is 16.2. The highest BCUT2D eigenvalue weighted by Crippen LogP contribution is 2.19. The Labute approximate surface area is 153 Å². The zero-order valence-electron chi connectivity index (χ0n) is 15.0. The van der Waals surface area contributed by atoms with Gasteiger partial charge in [-0.15, -0.1) is 0 Å². The van der Waals surface area contributed by atoms with Crippen molar-refractivity contribution in [2.75, 3.05) is 18.8 Å². The van der Waals surface area contributed by atoms with Crippen LogP contribution >= 0.6 is 0 Å². The van der Waals surface area contributed by atoms with Gasteiger partial charge >= 0.3 is 0 Å². The number of amides is 2. The normalized spacial score (nSPS) is 17.9. The van der Waals surface area contributed by atoms with Gasteiger partial charge in [0.05, 0.1) is 5.56 Å². The van der Waals surface area contributed by atoms with Gasteiger partial charge in [-0.1, -0.05) is 37.3 Å². The summed E-state index contributed by atoms with van der Waals surface area (Å²) in [5.41, 5.74) is 7.19. The molecule has 1 aromatic heterocycles. The molecule has 0 saturated carbocycles. The van der Waals surface area contributed by atoms with Crippen LogP contribution in [0.2, 0.25) is 0 Å². The number of nitrogens with zero attached hydrogens (tertiary/aromatic N) is 3. The summed E-state index contributed by atoms with van der Waals surface area (Å²) >= 11 is 0. The van der Waals surface area contributed by atoms with Crippen molar-refractivity contribution in [2.24, 2.45) is 0 Å². The third-order valence-corrected chi connectivity index (χ3v) is 4.78. The Morgan fingerprint density at radius 1 is 1.23 bits per heavy atom. The van der Waals surface area contributed by atoms with Crippen LogP contribution in [0.1, 0.15) is 35.7 Å². The second kappa shape index (κ2) is 7.99. The predicted molar refractivity (Wildman–Crippen MR) is 100 cm³/mol. The SMILES string of the molecule is CCC1CN(C(=O)c2ccc(N)nc2)CCC(=O)N1Cc1ccccc1. The van der Waals surface area contributed by atoms with Crippen molar-refractivity contribution in [3.63, 3.8) is 0 Å². The minimum Gasteiger partial charge on any atom is -0.384 e. The van der Waals surface area contributed by atoms with Crippen LogP contribution in [0.5, 0.6) is 0 Å². The number of pyridine rings is 1. The topological polar surface area (TPSA) is 79.5 Å². The van der Waals surface area contributed by atoms with E-state index < -0.39 is 0 Å². The molecule has 2 amide bonds. The van der Waals surface area contributed by atoms with Gasteiger partial charge in [0.2, 0.25) is 5.91 Å². The molecule has 1 saturated heterocycles. The molecule has 0 aliphatic carbocycles. The summed E-state index contributed by atoms with van der Waals surface area (Å²) in [6, 6.07) is 13.3. The summed E-state index contributed by atoms with van der Waals surface area (Å²) in [5.74, 6) is 0.366. The molecular weight excluding hydrogens is 328 g/mol. The van der Waals surface area contributed by atoms with Gasteiger partial charge in [-0.25, -0.2) is 4.98 Å². The standard InChI is InChI=1S/C20H24N4O2/c1-2-17-14-23(20(26)16-8-9-18(21)22-12-16)11-10-19(25)24(17)13-15-6-4-3-5-7-15/h3-9,12,17H,2,10-11,13-14H2,1H3,(H2,21,22). The van der Waals surface area contributed by atoms with Gasteiger partial charge in [0.15, 0.2) is 0 Å². The molecule has 1 atom stereocenters. The van der Waals surface area contributed by atoms with Gasteiger partial charge in [-0.05, 0) is 24.1 Å². The maximum absolute atomic E-state index is 12.8. The second-order valence-electron chi connectivity index (χ2n) is 6.54. The Kier molecular flexibility index (Phi) is 5.51. The highest BCUT2D eigenvalue weighted by Gasteiger charge is 2.31. The first-order valence-electron chi connectivity index (χ1n) is 8.92. The Hall–Kier alpha value is -2.89. The second-order valence-corrected chi connectivity index (χ2v) is 6.54. The van der Waals surface area contributed by atoms with Crippen LogP contribution in [0.3, 0.4) is 0 Å². The fraction of sp³-hybridized carbons (Fsp3) is 0.350. The van der Waals surface area contributed by atoms with E-state index in [2.05, 4.69) is 11.9 Å². The third-order valence-electron chi connectivity index (χ3n) is 4.78. The zero-order chi connectivity index (χ0) is 18.5. The van der Waals surface area contributed by atoms with Crippen molar-refractivity contribution in [3.8, 4) is 0 Å². The van der Waals surface area contributed by atoms with E-state index in [0.29, 0.717) is 37.4 Å². The number of rotatable bonds is 4. The molecule has 26 heavy (non-hydrogen) atoms. The quantitative estimate of drug-likeness (QED) is 0.916. The molecular formula is C20H24N4O2. The number of carbonyl (C=O) groups excluding carboxylic acids is 2. The third kappa shape index (κ3) is 4.02. The number of benzene rings is 1. The van der Waals surface area contributed by atoms with Crippen LogP contribution in [-0.2, 0) is 11.3 Å². The van der Waals surface area contributed by atoms with Crippen molar-refractivity contribution >= 4 is 17.6 Å². The fourth-order valence-electron chi connectivity index (χ4n) is 3.27. The lowest BCUT2D eigenvalue weighted by Gasteiger charge is -2.31. The highest BCUT2D eigenvalue weighted by molar-refractivity contribution is 5.94. The number of nitrogens with two attached hydrogens (primary N) is 1. The van der Waals surface area contributed by atoms with Crippen LogP contribution in [0.4, 0.5) is 5.82 Å². The first-order chi connectivity index (χ1) is 12.6. The first-order valence-corrected chi connectivity index (χ1v) is 8.92. The lowest BCUT2D eigenvalue weighted by Crippen LogP contribution is -2.43. The molecule has 1 unspecified atom stereocenters. The lowest BCUT2D eigenvalue weighted by atomic mass is 10.1.